The second-order valence-electron chi connectivity index (χ2n) is 3.49. The molecule has 0 atom stereocenters. The molecular weight excluding hydrogens is 240 g/mol. The Kier molecular flexibility index (Phi) is 2.85. The Balaban J connectivity index is 2.54. The predicted octanol–water partition coefficient (Wildman–Crippen LogP) is 3.73. The highest BCUT2D eigenvalue weighted by atomic mass is 35.5. The lowest BCUT2D eigenvalue weighted by molar-refractivity contribution is 0.320. The maximum absolute atomic E-state index is 13.9. The van der Waals surface area contributed by atoms with Gasteiger partial charge in [0.2, 0.25) is 0 Å². The van der Waals surface area contributed by atoms with Gasteiger partial charge < -0.3 is 5.21 Å². The molecule has 1 aromatic rings. The zero-order chi connectivity index (χ0) is 11.0. The van der Waals surface area contributed by atoms with Crippen LogP contribution in [-0.4, -0.2) is 10.4 Å². The third kappa shape index (κ3) is 1.94. The molecule has 0 saturated heterocycles. The summed E-state index contributed by atoms with van der Waals surface area (Å²) in [5.41, 5.74) is 0.571. The molecule has 2 nitrogen and oxygen atoms in total. The monoisotopic (exact) mass is 247 g/mol. The van der Waals surface area contributed by atoms with Gasteiger partial charge in [-0.15, -0.1) is 0 Å². The summed E-state index contributed by atoms with van der Waals surface area (Å²) in [6.45, 7) is 0. The van der Waals surface area contributed by atoms with Gasteiger partial charge in [0, 0.05) is 10.6 Å². The van der Waals surface area contributed by atoms with E-state index in [-0.39, 0.29) is 16.7 Å². The third-order valence-electron chi connectivity index (χ3n) is 2.42. The predicted molar refractivity (Wildman–Crippen MR) is 57.6 cm³/mol. The molecule has 1 aliphatic rings. The van der Waals surface area contributed by atoms with Gasteiger partial charge in [0.25, 0.3) is 0 Å². The smallest absolute Gasteiger partial charge is 0.178 e. The summed E-state index contributed by atoms with van der Waals surface area (Å²) in [6, 6.07) is 2.98. The molecule has 0 radical (unpaired) electrons. The molecule has 1 aromatic carbocycles. The Morgan fingerprint density at radius 2 is 2.13 bits per heavy atom. The van der Waals surface area contributed by atoms with Crippen molar-refractivity contribution >= 4 is 28.4 Å². The van der Waals surface area contributed by atoms with Gasteiger partial charge in [0.1, 0.15) is 5.82 Å². The van der Waals surface area contributed by atoms with E-state index in [1.165, 1.54) is 6.07 Å². The molecule has 0 unspecified atom stereocenters. The van der Waals surface area contributed by atoms with Crippen LogP contribution in [0.3, 0.4) is 0 Å². The van der Waals surface area contributed by atoms with Crippen molar-refractivity contribution in [3.63, 3.8) is 0 Å². The number of oxime groups is 1. The number of nitrogens with zero attached hydrogens (tertiary/aromatic N) is 1. The molecule has 1 fully saturated rings. The van der Waals surface area contributed by atoms with E-state index >= 15 is 0 Å². The average molecular weight is 248 g/mol. The lowest BCUT2D eigenvalue weighted by Crippen LogP contribution is -2.00. The highest BCUT2D eigenvalue weighted by Gasteiger charge is 2.30. The number of benzene rings is 1. The molecular formula is C10H8Cl2FNO. The highest BCUT2D eigenvalue weighted by molar-refractivity contribution is 6.69. The van der Waals surface area contributed by atoms with Crippen LogP contribution in [0.1, 0.15) is 29.9 Å². The summed E-state index contributed by atoms with van der Waals surface area (Å²) in [5, 5.41) is 11.4. The first-order valence-electron chi connectivity index (χ1n) is 4.51. The molecule has 15 heavy (non-hydrogen) atoms. The molecule has 5 heteroatoms. The topological polar surface area (TPSA) is 32.6 Å². The van der Waals surface area contributed by atoms with E-state index in [2.05, 4.69) is 5.16 Å². The molecule has 1 N–H and O–H groups in total. The maximum Gasteiger partial charge on any atom is 0.178 e. The Labute approximate surface area is 96.3 Å². The van der Waals surface area contributed by atoms with Crippen LogP contribution in [0.4, 0.5) is 4.39 Å². The van der Waals surface area contributed by atoms with Gasteiger partial charge in [-0.2, -0.15) is 0 Å². The van der Waals surface area contributed by atoms with Crippen molar-refractivity contribution in [2.75, 3.05) is 0 Å². The molecule has 1 aliphatic carbocycles. The van der Waals surface area contributed by atoms with E-state index in [1.807, 2.05) is 0 Å². The fraction of sp³-hybridized carbons (Fsp3) is 0.300. The van der Waals surface area contributed by atoms with Crippen molar-refractivity contribution < 1.29 is 9.60 Å². The highest BCUT2D eigenvalue weighted by Crippen LogP contribution is 2.45. The summed E-state index contributed by atoms with van der Waals surface area (Å²) in [7, 11) is 0. The lowest BCUT2D eigenvalue weighted by atomic mass is 10.1. The number of hydrogen-bond donors (Lipinski definition) is 1. The standard InChI is InChI=1S/C10H8Cl2FNO/c11-7-4-3-6(10(12)14-15)9(13)8(7)5-1-2-5/h3-5,15H,1-2H2/b14-10-. The minimum atomic E-state index is -0.479. The summed E-state index contributed by atoms with van der Waals surface area (Å²) >= 11 is 11.5. The largest absolute Gasteiger partial charge is 0.410 e. The molecule has 0 bridgehead atoms. The first-order chi connectivity index (χ1) is 7.15. The maximum atomic E-state index is 13.9. The van der Waals surface area contributed by atoms with E-state index in [0.29, 0.717) is 10.6 Å². The fourth-order valence-electron chi connectivity index (χ4n) is 1.53. The minimum absolute atomic E-state index is 0.0884. The Hall–Kier alpha value is -0.800. The Morgan fingerprint density at radius 3 is 2.67 bits per heavy atom. The first-order valence-corrected chi connectivity index (χ1v) is 5.26. The molecule has 1 saturated carbocycles. The van der Waals surface area contributed by atoms with Crippen molar-refractivity contribution in [3.8, 4) is 0 Å². The van der Waals surface area contributed by atoms with Crippen LogP contribution in [0.25, 0.3) is 0 Å². The zero-order valence-electron chi connectivity index (χ0n) is 7.67. The van der Waals surface area contributed by atoms with E-state index in [0.717, 1.165) is 12.8 Å². The number of halogens is 3. The van der Waals surface area contributed by atoms with Crippen molar-refractivity contribution in [3.05, 3.63) is 34.1 Å². The summed E-state index contributed by atoms with van der Waals surface area (Å²) < 4.78 is 13.9. The normalized spacial score (nSPS) is 16.9. The van der Waals surface area contributed by atoms with Crippen LogP contribution >= 0.6 is 23.2 Å². The van der Waals surface area contributed by atoms with Crippen LogP contribution in [0, 0.1) is 5.82 Å². The van der Waals surface area contributed by atoms with E-state index in [9.17, 15) is 4.39 Å². The SMILES string of the molecule is O/N=C(\Cl)c1ccc(Cl)c(C2CC2)c1F. The van der Waals surface area contributed by atoms with Gasteiger partial charge in [0.15, 0.2) is 5.17 Å². The second kappa shape index (κ2) is 3.99. The summed E-state index contributed by atoms with van der Waals surface area (Å²) in [4.78, 5) is 0. The molecule has 2 rings (SSSR count). The fourth-order valence-corrected chi connectivity index (χ4v) is 1.97. The molecule has 0 aromatic heterocycles. The van der Waals surface area contributed by atoms with Gasteiger partial charge in [0.05, 0.1) is 5.56 Å². The molecule has 0 heterocycles. The summed E-state index contributed by atoms with van der Waals surface area (Å²) in [6.07, 6.45) is 1.88. The average Bonchev–Trinajstić information content (AvgIpc) is 3.01. The lowest BCUT2D eigenvalue weighted by Gasteiger charge is -2.07. The van der Waals surface area contributed by atoms with Crippen LogP contribution in [0.5, 0.6) is 0 Å². The van der Waals surface area contributed by atoms with Crippen LogP contribution < -0.4 is 0 Å². The van der Waals surface area contributed by atoms with Gasteiger partial charge >= 0.3 is 0 Å². The quantitative estimate of drug-likeness (QED) is 0.482. The number of rotatable bonds is 2. The van der Waals surface area contributed by atoms with Crippen LogP contribution in [0.2, 0.25) is 5.02 Å². The molecule has 0 amide bonds. The zero-order valence-corrected chi connectivity index (χ0v) is 9.19. The molecule has 0 spiro atoms. The van der Waals surface area contributed by atoms with Crippen LogP contribution in [0.15, 0.2) is 17.3 Å². The second-order valence-corrected chi connectivity index (χ2v) is 4.25. The number of hydrogen-bond acceptors (Lipinski definition) is 2. The van der Waals surface area contributed by atoms with Crippen molar-refractivity contribution in [1.82, 2.24) is 0 Å². The molecule has 80 valence electrons. The Bertz CT molecular complexity index is 430. The van der Waals surface area contributed by atoms with E-state index in [4.69, 9.17) is 28.4 Å². The van der Waals surface area contributed by atoms with Gasteiger partial charge in [-0.05, 0) is 30.9 Å². The molecule has 0 aliphatic heterocycles. The van der Waals surface area contributed by atoms with Crippen LogP contribution in [-0.2, 0) is 0 Å². The van der Waals surface area contributed by atoms with Crippen molar-refractivity contribution in [1.29, 1.82) is 0 Å². The Morgan fingerprint density at radius 1 is 1.47 bits per heavy atom. The van der Waals surface area contributed by atoms with Crippen molar-refractivity contribution in [2.45, 2.75) is 18.8 Å². The third-order valence-corrected chi connectivity index (χ3v) is 3.03. The van der Waals surface area contributed by atoms with Crippen molar-refractivity contribution in [2.24, 2.45) is 5.16 Å². The van der Waals surface area contributed by atoms with Gasteiger partial charge in [-0.3, -0.25) is 0 Å². The van der Waals surface area contributed by atoms with E-state index < -0.39 is 5.82 Å². The minimum Gasteiger partial charge on any atom is -0.410 e. The van der Waals surface area contributed by atoms with E-state index in [1.54, 1.807) is 6.07 Å². The summed E-state index contributed by atoms with van der Waals surface area (Å²) in [5.74, 6) is -0.298. The first kappa shape index (κ1) is 10.7. The van der Waals surface area contributed by atoms with Gasteiger partial charge in [-0.25, -0.2) is 4.39 Å². The van der Waals surface area contributed by atoms with Gasteiger partial charge in [-0.1, -0.05) is 28.4 Å².